The van der Waals surface area contributed by atoms with Gasteiger partial charge in [0.1, 0.15) is 5.75 Å². The topological polar surface area (TPSA) is 61.8 Å². The maximum absolute atomic E-state index is 11.7. The fraction of sp³-hybridized carbons (Fsp3) is 0.211. The first-order valence-electron chi connectivity index (χ1n) is 7.88. The number of anilines is 1. The highest BCUT2D eigenvalue weighted by molar-refractivity contribution is 8.01. The van der Waals surface area contributed by atoms with Crippen LogP contribution < -0.4 is 14.5 Å². The summed E-state index contributed by atoms with van der Waals surface area (Å²) in [7, 11) is 0. The first-order chi connectivity index (χ1) is 12.2. The molecule has 1 heterocycles. The van der Waals surface area contributed by atoms with Crippen molar-refractivity contribution >= 4 is 23.5 Å². The van der Waals surface area contributed by atoms with Crippen LogP contribution >= 0.6 is 11.9 Å². The zero-order valence-corrected chi connectivity index (χ0v) is 14.3. The third kappa shape index (κ3) is 3.90. The molecule has 0 saturated heterocycles. The minimum atomic E-state index is -0.415. The summed E-state index contributed by atoms with van der Waals surface area (Å²) in [5.74, 6) is 2.88. The van der Waals surface area contributed by atoms with Gasteiger partial charge in [0.15, 0.2) is 0 Å². The van der Waals surface area contributed by atoms with Crippen LogP contribution in [0.15, 0.2) is 53.4 Å². The number of hydrogen-bond donors (Lipinski definition) is 2. The molecule has 0 radical (unpaired) electrons. The maximum atomic E-state index is 11.7. The van der Waals surface area contributed by atoms with Crippen molar-refractivity contribution in [3.8, 4) is 18.1 Å². The Morgan fingerprint density at radius 3 is 2.76 bits per heavy atom. The summed E-state index contributed by atoms with van der Waals surface area (Å²) in [4.78, 5) is 12.8. The number of hydrogen-bond acceptors (Lipinski definition) is 5. The number of ether oxygens (including phenoxy) is 1. The van der Waals surface area contributed by atoms with Gasteiger partial charge < -0.3 is 9.04 Å². The fourth-order valence-electron chi connectivity index (χ4n) is 2.70. The molecular formula is C19H18N2O3S. The van der Waals surface area contributed by atoms with E-state index >= 15 is 0 Å². The Hall–Kier alpha value is -2.62. The van der Waals surface area contributed by atoms with E-state index in [0.29, 0.717) is 13.0 Å². The third-order valence-corrected chi connectivity index (χ3v) is 5.10. The van der Waals surface area contributed by atoms with Gasteiger partial charge in [0.25, 0.3) is 0 Å². The van der Waals surface area contributed by atoms with Crippen molar-refractivity contribution in [3.63, 3.8) is 0 Å². The zero-order valence-electron chi connectivity index (χ0n) is 13.5. The minimum Gasteiger partial charge on any atom is -0.493 e. The summed E-state index contributed by atoms with van der Waals surface area (Å²) >= 11 is 1.58. The smallest absolute Gasteiger partial charge is 0.245 e. The van der Waals surface area contributed by atoms with Gasteiger partial charge in [-0.05, 0) is 47.8 Å². The second kappa shape index (κ2) is 7.97. The van der Waals surface area contributed by atoms with E-state index in [-0.39, 0.29) is 12.5 Å². The van der Waals surface area contributed by atoms with Crippen LogP contribution in [0.1, 0.15) is 24.4 Å². The number of rotatable bonds is 6. The van der Waals surface area contributed by atoms with E-state index < -0.39 is 5.91 Å². The molecule has 1 aliphatic rings. The average molecular weight is 354 g/mol. The molecule has 0 fully saturated rings. The normalized spacial score (nSPS) is 15.4. The van der Waals surface area contributed by atoms with Crippen molar-refractivity contribution in [3.05, 3.63) is 54.1 Å². The van der Waals surface area contributed by atoms with E-state index in [9.17, 15) is 4.79 Å². The number of nitrogens with zero attached hydrogens (tertiary/aromatic N) is 1. The van der Waals surface area contributed by atoms with Crippen molar-refractivity contribution in [1.82, 2.24) is 5.48 Å². The molecule has 1 atom stereocenters. The molecular weight excluding hydrogens is 336 g/mol. The molecule has 3 rings (SSSR count). The van der Waals surface area contributed by atoms with Crippen molar-refractivity contribution in [1.29, 1.82) is 0 Å². The Morgan fingerprint density at radius 1 is 1.28 bits per heavy atom. The molecule has 0 saturated carbocycles. The highest BCUT2D eigenvalue weighted by atomic mass is 32.2. The number of fused-ring (bicyclic) bond motifs is 1. The summed E-state index contributed by atoms with van der Waals surface area (Å²) < 4.78 is 7.64. The second-order valence-corrected chi connectivity index (χ2v) is 6.52. The van der Waals surface area contributed by atoms with E-state index in [2.05, 4.69) is 10.2 Å². The van der Waals surface area contributed by atoms with Gasteiger partial charge >= 0.3 is 0 Å². The summed E-state index contributed by atoms with van der Waals surface area (Å²) in [5, 5.41) is 8.88. The molecule has 2 aromatic carbocycles. The lowest BCUT2D eigenvalue weighted by atomic mass is 10.0. The van der Waals surface area contributed by atoms with E-state index in [1.165, 1.54) is 0 Å². The Morgan fingerprint density at radius 2 is 2.04 bits per heavy atom. The van der Waals surface area contributed by atoms with Crippen molar-refractivity contribution in [2.24, 2.45) is 0 Å². The highest BCUT2D eigenvalue weighted by Crippen LogP contribution is 2.48. The molecule has 2 aromatic rings. The molecule has 1 aliphatic heterocycles. The van der Waals surface area contributed by atoms with Gasteiger partial charge in [-0.15, -0.1) is 12.3 Å². The lowest BCUT2D eigenvalue weighted by Crippen LogP contribution is -2.26. The van der Waals surface area contributed by atoms with Crippen LogP contribution in [0, 0.1) is 12.3 Å². The lowest BCUT2D eigenvalue weighted by Gasteiger charge is -2.25. The largest absolute Gasteiger partial charge is 0.493 e. The number of carbonyl (C=O) groups is 1. The second-order valence-electron chi connectivity index (χ2n) is 5.51. The molecule has 0 spiro atoms. The summed E-state index contributed by atoms with van der Waals surface area (Å²) in [5.41, 5.74) is 3.76. The summed E-state index contributed by atoms with van der Waals surface area (Å²) in [6.45, 7) is 0.485. The molecule has 6 heteroatoms. The Bertz CT molecular complexity index is 786. The standard InChI is InChI=1S/C19H18N2O3S/c1-2-3-12-24-15-10-8-14(9-11-15)21-17(13-19(22)20-23)16-6-4-5-7-18(16)25-21/h1,4-11,17,23H,3,12-13H2,(H,20,22). The van der Waals surface area contributed by atoms with Gasteiger partial charge in [-0.1, -0.05) is 18.2 Å². The van der Waals surface area contributed by atoms with Crippen LogP contribution in [0.3, 0.4) is 0 Å². The molecule has 1 amide bonds. The van der Waals surface area contributed by atoms with Crippen LogP contribution in [-0.2, 0) is 4.79 Å². The maximum Gasteiger partial charge on any atom is 0.245 e. The monoisotopic (exact) mass is 354 g/mol. The molecule has 0 aromatic heterocycles. The highest BCUT2D eigenvalue weighted by Gasteiger charge is 2.33. The quantitative estimate of drug-likeness (QED) is 0.273. The predicted molar refractivity (Wildman–Crippen MR) is 97.5 cm³/mol. The number of nitrogens with one attached hydrogen (secondary N) is 1. The lowest BCUT2D eigenvalue weighted by molar-refractivity contribution is -0.129. The van der Waals surface area contributed by atoms with E-state index in [1.54, 1.807) is 17.4 Å². The van der Waals surface area contributed by atoms with Gasteiger partial charge in [0, 0.05) is 17.0 Å². The van der Waals surface area contributed by atoms with Crippen molar-refractivity contribution in [2.75, 3.05) is 10.9 Å². The van der Waals surface area contributed by atoms with Crippen LogP contribution in [0.2, 0.25) is 0 Å². The Labute approximate surface area is 151 Å². The number of terminal acetylenes is 1. The number of amides is 1. The first kappa shape index (κ1) is 17.2. The molecule has 25 heavy (non-hydrogen) atoms. The van der Waals surface area contributed by atoms with Gasteiger partial charge in [-0.2, -0.15) is 0 Å². The van der Waals surface area contributed by atoms with Crippen molar-refractivity contribution in [2.45, 2.75) is 23.8 Å². The molecule has 128 valence electrons. The number of hydroxylamine groups is 1. The van der Waals surface area contributed by atoms with E-state index in [4.69, 9.17) is 16.4 Å². The van der Waals surface area contributed by atoms with E-state index in [0.717, 1.165) is 21.9 Å². The molecule has 2 N–H and O–H groups in total. The van der Waals surface area contributed by atoms with Crippen molar-refractivity contribution < 1.29 is 14.7 Å². The van der Waals surface area contributed by atoms with Gasteiger partial charge in [-0.25, -0.2) is 5.48 Å². The van der Waals surface area contributed by atoms with Gasteiger partial charge in [0.2, 0.25) is 5.91 Å². The fourth-order valence-corrected chi connectivity index (χ4v) is 3.90. The predicted octanol–water partition coefficient (Wildman–Crippen LogP) is 3.55. The number of carbonyl (C=O) groups excluding carboxylic acids is 1. The molecule has 0 aliphatic carbocycles. The van der Waals surface area contributed by atoms with Crippen LogP contribution in [0.25, 0.3) is 0 Å². The van der Waals surface area contributed by atoms with Gasteiger partial charge in [-0.3, -0.25) is 10.0 Å². The molecule has 5 nitrogen and oxygen atoms in total. The minimum absolute atomic E-state index is 0.151. The number of benzene rings is 2. The molecule has 1 unspecified atom stereocenters. The summed E-state index contributed by atoms with van der Waals surface area (Å²) in [6, 6.07) is 15.5. The zero-order chi connectivity index (χ0) is 17.6. The average Bonchev–Trinajstić information content (AvgIpc) is 3.01. The van der Waals surface area contributed by atoms with Gasteiger partial charge in [0.05, 0.1) is 19.1 Å². The Kier molecular flexibility index (Phi) is 5.49. The van der Waals surface area contributed by atoms with E-state index in [1.807, 2.05) is 48.5 Å². The SMILES string of the molecule is C#CCCOc1ccc(N2Sc3ccccc3C2CC(=O)NO)cc1. The third-order valence-electron chi connectivity index (χ3n) is 3.87. The van der Waals surface area contributed by atoms with Crippen LogP contribution in [0.4, 0.5) is 5.69 Å². The Balaban J connectivity index is 1.80. The first-order valence-corrected chi connectivity index (χ1v) is 8.65. The molecule has 0 bridgehead atoms. The van der Waals surface area contributed by atoms with Crippen LogP contribution in [0.5, 0.6) is 5.75 Å². The summed E-state index contributed by atoms with van der Waals surface area (Å²) in [6.07, 6.45) is 5.95. The van der Waals surface area contributed by atoms with Crippen LogP contribution in [-0.4, -0.2) is 17.7 Å².